The van der Waals surface area contributed by atoms with E-state index < -0.39 is 0 Å². The first-order valence-electron chi connectivity index (χ1n) is 3.82. The molecule has 0 saturated carbocycles. The van der Waals surface area contributed by atoms with E-state index in [2.05, 4.69) is 5.92 Å². The second kappa shape index (κ2) is 3.77. The van der Waals surface area contributed by atoms with Crippen molar-refractivity contribution in [1.29, 1.82) is 0 Å². The molecule has 0 aliphatic rings. The number of ketones is 1. The van der Waals surface area contributed by atoms with Crippen LogP contribution in [0.4, 0.5) is 0 Å². The quantitative estimate of drug-likeness (QED) is 0.503. The topological polar surface area (TPSA) is 30.2 Å². The van der Waals surface area contributed by atoms with E-state index in [-0.39, 0.29) is 12.2 Å². The van der Waals surface area contributed by atoms with Crippen molar-refractivity contribution in [3.63, 3.8) is 0 Å². The van der Waals surface area contributed by atoms with Crippen LogP contribution in [0.25, 0.3) is 0 Å². The maximum atomic E-state index is 11.3. The molecule has 1 aromatic rings. The molecule has 1 heterocycles. The van der Waals surface area contributed by atoms with Crippen LogP contribution < -0.4 is 0 Å². The van der Waals surface area contributed by atoms with Gasteiger partial charge in [0.25, 0.3) is 0 Å². The number of carbonyl (C=O) groups excluding carboxylic acids is 1. The second-order valence-corrected chi connectivity index (χ2v) is 2.42. The molecule has 1 rings (SSSR count). The van der Waals surface area contributed by atoms with Crippen LogP contribution in [0.15, 0.2) is 16.7 Å². The Morgan fingerprint density at radius 2 is 2.50 bits per heavy atom. The lowest BCUT2D eigenvalue weighted by Gasteiger charge is -1.94. The van der Waals surface area contributed by atoms with Crippen LogP contribution in [0.2, 0.25) is 0 Å². The summed E-state index contributed by atoms with van der Waals surface area (Å²) in [7, 11) is 0. The zero-order chi connectivity index (χ0) is 8.97. The van der Waals surface area contributed by atoms with Crippen LogP contribution in [-0.2, 0) is 6.42 Å². The summed E-state index contributed by atoms with van der Waals surface area (Å²) < 4.78 is 5.09. The van der Waals surface area contributed by atoms with Gasteiger partial charge in [0.1, 0.15) is 5.76 Å². The molecule has 1 aromatic heterocycles. The predicted molar refractivity (Wildman–Crippen MR) is 45.9 cm³/mol. The Morgan fingerprint density at radius 1 is 1.75 bits per heavy atom. The van der Waals surface area contributed by atoms with E-state index in [1.165, 1.54) is 6.26 Å². The minimum absolute atomic E-state index is 0.0388. The van der Waals surface area contributed by atoms with Crippen LogP contribution in [0, 0.1) is 12.3 Å². The molecule has 0 unspecified atom stereocenters. The molecule has 0 aromatic carbocycles. The monoisotopic (exact) mass is 162 g/mol. The largest absolute Gasteiger partial charge is 0.469 e. The van der Waals surface area contributed by atoms with Crippen LogP contribution in [0.5, 0.6) is 0 Å². The Bertz CT molecular complexity index is 315. The molecule has 0 N–H and O–H groups in total. The van der Waals surface area contributed by atoms with Gasteiger partial charge >= 0.3 is 0 Å². The van der Waals surface area contributed by atoms with Gasteiger partial charge in [0.05, 0.1) is 18.2 Å². The van der Waals surface area contributed by atoms with Gasteiger partial charge < -0.3 is 4.42 Å². The van der Waals surface area contributed by atoms with Crippen molar-refractivity contribution in [3.05, 3.63) is 23.7 Å². The van der Waals surface area contributed by atoms with Crippen molar-refractivity contribution >= 4 is 5.78 Å². The molecule has 0 aliphatic carbocycles. The average Bonchev–Trinajstić information content (AvgIpc) is 2.51. The van der Waals surface area contributed by atoms with E-state index in [1.807, 2.05) is 6.92 Å². The Hall–Kier alpha value is -1.49. The highest BCUT2D eigenvalue weighted by atomic mass is 16.3. The Labute approximate surface area is 71.6 Å². The number of Topliss-reactive ketones (excluding diaryl/α,β-unsaturated/α-hetero) is 1. The molecular weight excluding hydrogens is 152 g/mol. The molecule has 0 saturated heterocycles. The molecule has 2 nitrogen and oxygen atoms in total. The van der Waals surface area contributed by atoms with Gasteiger partial charge in [-0.05, 0) is 6.07 Å². The SMILES string of the molecule is C#CCC(=O)c1ccoc1CC. The summed E-state index contributed by atoms with van der Waals surface area (Å²) in [5.74, 6) is 2.99. The van der Waals surface area contributed by atoms with Crippen LogP contribution in [0.1, 0.15) is 29.5 Å². The van der Waals surface area contributed by atoms with Crippen LogP contribution >= 0.6 is 0 Å². The lowest BCUT2D eigenvalue weighted by Crippen LogP contribution is -1.98. The molecule has 2 heteroatoms. The normalized spacial score (nSPS) is 9.33. The third-order valence-electron chi connectivity index (χ3n) is 1.63. The molecule has 0 radical (unpaired) electrons. The maximum Gasteiger partial charge on any atom is 0.178 e. The standard InChI is InChI=1S/C10H10O2/c1-3-5-9(11)8-6-7-12-10(8)4-2/h1,6-7H,4-5H2,2H3. The van der Waals surface area contributed by atoms with Crippen molar-refractivity contribution in [2.24, 2.45) is 0 Å². The summed E-state index contributed by atoms with van der Waals surface area (Å²) in [5.41, 5.74) is 0.621. The fourth-order valence-electron chi connectivity index (χ4n) is 1.05. The lowest BCUT2D eigenvalue weighted by atomic mass is 10.1. The Morgan fingerprint density at radius 3 is 3.08 bits per heavy atom. The van der Waals surface area contributed by atoms with E-state index >= 15 is 0 Å². The van der Waals surface area contributed by atoms with Gasteiger partial charge in [-0.15, -0.1) is 6.42 Å². The highest BCUT2D eigenvalue weighted by Crippen LogP contribution is 2.12. The van der Waals surface area contributed by atoms with Crippen LogP contribution in [0.3, 0.4) is 0 Å². The minimum Gasteiger partial charge on any atom is -0.469 e. The minimum atomic E-state index is -0.0388. The highest BCUT2D eigenvalue weighted by Gasteiger charge is 2.11. The smallest absolute Gasteiger partial charge is 0.178 e. The highest BCUT2D eigenvalue weighted by molar-refractivity contribution is 5.98. The van der Waals surface area contributed by atoms with Gasteiger partial charge in [-0.25, -0.2) is 0 Å². The van der Waals surface area contributed by atoms with Crippen molar-refractivity contribution in [2.75, 3.05) is 0 Å². The Kier molecular flexibility index (Phi) is 2.71. The zero-order valence-corrected chi connectivity index (χ0v) is 6.96. The molecule has 12 heavy (non-hydrogen) atoms. The van der Waals surface area contributed by atoms with E-state index in [4.69, 9.17) is 10.8 Å². The molecule has 0 amide bonds. The number of terminal acetylenes is 1. The van der Waals surface area contributed by atoms with Gasteiger partial charge in [0.2, 0.25) is 0 Å². The first kappa shape index (κ1) is 8.61. The maximum absolute atomic E-state index is 11.3. The van der Waals surface area contributed by atoms with Crippen molar-refractivity contribution in [1.82, 2.24) is 0 Å². The van der Waals surface area contributed by atoms with E-state index in [0.29, 0.717) is 5.56 Å². The molecule has 62 valence electrons. The van der Waals surface area contributed by atoms with Gasteiger partial charge in [-0.3, -0.25) is 4.79 Å². The number of carbonyl (C=O) groups is 1. The zero-order valence-electron chi connectivity index (χ0n) is 6.96. The predicted octanol–water partition coefficient (Wildman–Crippen LogP) is 2.05. The summed E-state index contributed by atoms with van der Waals surface area (Å²) in [6, 6.07) is 1.67. The van der Waals surface area contributed by atoms with Crippen molar-refractivity contribution < 1.29 is 9.21 Å². The molecular formula is C10H10O2. The van der Waals surface area contributed by atoms with Crippen molar-refractivity contribution in [3.8, 4) is 12.3 Å². The van der Waals surface area contributed by atoms with Gasteiger partial charge in [-0.2, -0.15) is 0 Å². The fourth-order valence-corrected chi connectivity index (χ4v) is 1.05. The molecule has 0 aliphatic heterocycles. The lowest BCUT2D eigenvalue weighted by molar-refractivity contribution is 0.0996. The summed E-state index contributed by atoms with van der Waals surface area (Å²) in [4.78, 5) is 11.3. The van der Waals surface area contributed by atoms with Crippen LogP contribution in [-0.4, -0.2) is 5.78 Å². The third-order valence-corrected chi connectivity index (χ3v) is 1.63. The summed E-state index contributed by atoms with van der Waals surface area (Å²) in [6.07, 6.45) is 7.41. The summed E-state index contributed by atoms with van der Waals surface area (Å²) in [6.45, 7) is 1.94. The fraction of sp³-hybridized carbons (Fsp3) is 0.300. The van der Waals surface area contributed by atoms with E-state index in [0.717, 1.165) is 12.2 Å². The number of hydrogen-bond donors (Lipinski definition) is 0. The summed E-state index contributed by atoms with van der Waals surface area (Å²) in [5, 5.41) is 0. The number of rotatable bonds is 3. The van der Waals surface area contributed by atoms with E-state index in [1.54, 1.807) is 6.07 Å². The van der Waals surface area contributed by atoms with Gasteiger partial charge in [0, 0.05) is 6.42 Å². The average molecular weight is 162 g/mol. The first-order chi connectivity index (χ1) is 5.79. The number of furan rings is 1. The molecule has 0 spiro atoms. The molecule has 0 fully saturated rings. The molecule has 0 bridgehead atoms. The van der Waals surface area contributed by atoms with Gasteiger partial charge in [-0.1, -0.05) is 12.8 Å². The summed E-state index contributed by atoms with van der Waals surface area (Å²) >= 11 is 0. The number of aryl methyl sites for hydroxylation is 1. The third kappa shape index (κ3) is 1.57. The molecule has 0 atom stereocenters. The first-order valence-corrected chi connectivity index (χ1v) is 3.82. The van der Waals surface area contributed by atoms with E-state index in [9.17, 15) is 4.79 Å². The Balaban J connectivity index is 2.88. The van der Waals surface area contributed by atoms with Crippen molar-refractivity contribution in [2.45, 2.75) is 19.8 Å². The second-order valence-electron chi connectivity index (χ2n) is 2.42. The number of hydrogen-bond acceptors (Lipinski definition) is 2. The van der Waals surface area contributed by atoms with Gasteiger partial charge in [0.15, 0.2) is 5.78 Å².